The summed E-state index contributed by atoms with van der Waals surface area (Å²) in [5.41, 5.74) is 1.41. The average Bonchev–Trinajstić information content (AvgIpc) is 3.26. The van der Waals surface area contributed by atoms with Gasteiger partial charge in [0.15, 0.2) is 11.5 Å². The summed E-state index contributed by atoms with van der Waals surface area (Å²) < 4.78 is 16.5. The van der Waals surface area contributed by atoms with Crippen molar-refractivity contribution in [2.24, 2.45) is 0 Å². The van der Waals surface area contributed by atoms with Crippen LogP contribution in [0.1, 0.15) is 20.9 Å². The van der Waals surface area contributed by atoms with Crippen molar-refractivity contribution < 1.29 is 19.0 Å². The third-order valence-corrected chi connectivity index (χ3v) is 5.43. The first-order chi connectivity index (χ1) is 15.7. The summed E-state index contributed by atoms with van der Waals surface area (Å²) in [7, 11) is 3.19. The molecule has 0 bridgehead atoms. The molecular weight excluding hydrogens is 426 g/mol. The average molecular weight is 448 g/mol. The van der Waals surface area contributed by atoms with Crippen molar-refractivity contribution in [2.75, 3.05) is 19.5 Å². The first-order valence-electron chi connectivity index (χ1n) is 9.83. The fourth-order valence-electron chi connectivity index (χ4n) is 3.06. The van der Waals surface area contributed by atoms with Crippen molar-refractivity contribution in [2.45, 2.75) is 6.42 Å². The lowest BCUT2D eigenvalue weighted by atomic mass is 10.1. The van der Waals surface area contributed by atoms with Crippen molar-refractivity contribution in [3.8, 4) is 23.0 Å². The van der Waals surface area contributed by atoms with E-state index in [4.69, 9.17) is 14.2 Å². The standard InChI is InChI=1S/C24H21N3O4S/c1-29-20-13-12-16(14-21(20)30-2)15-22-26-27-24(32-22)25-23(28)18-10-6-7-11-19(18)31-17-8-4-3-5-9-17/h3-14H,15H2,1-2H3,(H,25,27,28). The van der Waals surface area contributed by atoms with Crippen LogP contribution >= 0.6 is 11.3 Å². The predicted octanol–water partition coefficient (Wildman–Crippen LogP) is 5.19. The van der Waals surface area contributed by atoms with E-state index in [9.17, 15) is 4.79 Å². The number of rotatable bonds is 8. The molecule has 0 radical (unpaired) electrons. The third kappa shape index (κ3) is 5.04. The van der Waals surface area contributed by atoms with Gasteiger partial charge in [-0.3, -0.25) is 10.1 Å². The summed E-state index contributed by atoms with van der Waals surface area (Å²) in [4.78, 5) is 12.9. The van der Waals surface area contributed by atoms with Gasteiger partial charge in [0, 0.05) is 6.42 Å². The summed E-state index contributed by atoms with van der Waals surface area (Å²) in [6, 6.07) is 22.1. The molecule has 32 heavy (non-hydrogen) atoms. The van der Waals surface area contributed by atoms with E-state index in [0.717, 1.165) is 10.6 Å². The van der Waals surface area contributed by atoms with Crippen LogP contribution in [0.2, 0.25) is 0 Å². The number of nitrogens with zero attached hydrogens (tertiary/aromatic N) is 2. The van der Waals surface area contributed by atoms with Gasteiger partial charge in [-0.1, -0.05) is 47.7 Å². The minimum absolute atomic E-state index is 0.314. The number of para-hydroxylation sites is 2. The van der Waals surface area contributed by atoms with Gasteiger partial charge < -0.3 is 14.2 Å². The molecule has 0 saturated heterocycles. The Morgan fingerprint density at radius 1 is 0.875 bits per heavy atom. The number of carbonyl (C=O) groups excluding carboxylic acids is 1. The van der Waals surface area contributed by atoms with Crippen LogP contribution in [0.25, 0.3) is 0 Å². The fraction of sp³-hybridized carbons (Fsp3) is 0.125. The van der Waals surface area contributed by atoms with Crippen LogP contribution in [-0.2, 0) is 6.42 Å². The molecule has 3 aromatic carbocycles. The zero-order chi connectivity index (χ0) is 22.3. The lowest BCUT2D eigenvalue weighted by Gasteiger charge is -2.10. The van der Waals surface area contributed by atoms with Gasteiger partial charge in [-0.05, 0) is 42.0 Å². The quantitative estimate of drug-likeness (QED) is 0.400. The molecule has 0 aliphatic rings. The minimum atomic E-state index is -0.314. The van der Waals surface area contributed by atoms with Crippen LogP contribution in [-0.4, -0.2) is 30.3 Å². The Bertz CT molecular complexity index is 1210. The van der Waals surface area contributed by atoms with Crippen LogP contribution in [0, 0.1) is 0 Å². The highest BCUT2D eigenvalue weighted by atomic mass is 32.1. The summed E-state index contributed by atoms with van der Waals surface area (Å²) in [5, 5.41) is 12.3. The maximum absolute atomic E-state index is 12.9. The number of aromatic nitrogens is 2. The summed E-state index contributed by atoms with van der Waals surface area (Å²) in [6.45, 7) is 0. The Kier molecular flexibility index (Phi) is 6.62. The van der Waals surface area contributed by atoms with E-state index in [-0.39, 0.29) is 5.91 Å². The molecule has 162 valence electrons. The van der Waals surface area contributed by atoms with Crippen LogP contribution in [0.3, 0.4) is 0 Å². The van der Waals surface area contributed by atoms with E-state index in [1.807, 2.05) is 54.6 Å². The third-order valence-electron chi connectivity index (χ3n) is 4.59. The Morgan fingerprint density at radius 2 is 1.62 bits per heavy atom. The zero-order valence-electron chi connectivity index (χ0n) is 17.6. The number of carbonyl (C=O) groups is 1. The number of anilines is 1. The molecule has 4 aromatic rings. The van der Waals surface area contributed by atoms with Crippen molar-refractivity contribution >= 4 is 22.4 Å². The van der Waals surface area contributed by atoms with Crippen LogP contribution in [0.4, 0.5) is 5.13 Å². The number of hydrogen-bond acceptors (Lipinski definition) is 7. The van der Waals surface area contributed by atoms with Gasteiger partial charge in [-0.25, -0.2) is 0 Å². The van der Waals surface area contributed by atoms with Gasteiger partial charge in [-0.2, -0.15) is 0 Å². The van der Waals surface area contributed by atoms with E-state index < -0.39 is 0 Å². The maximum Gasteiger partial charge on any atom is 0.261 e. The molecule has 0 fully saturated rings. The predicted molar refractivity (Wildman–Crippen MR) is 123 cm³/mol. The van der Waals surface area contributed by atoms with E-state index >= 15 is 0 Å². The molecule has 7 nitrogen and oxygen atoms in total. The van der Waals surface area contributed by atoms with Gasteiger partial charge in [0.1, 0.15) is 16.5 Å². The number of nitrogens with one attached hydrogen (secondary N) is 1. The first kappa shape index (κ1) is 21.3. The molecule has 0 atom stereocenters. The van der Waals surface area contributed by atoms with Crippen molar-refractivity contribution in [1.82, 2.24) is 10.2 Å². The first-order valence-corrected chi connectivity index (χ1v) is 10.6. The Balaban J connectivity index is 1.46. The number of hydrogen-bond donors (Lipinski definition) is 1. The van der Waals surface area contributed by atoms with E-state index in [1.165, 1.54) is 11.3 Å². The monoisotopic (exact) mass is 447 g/mol. The van der Waals surface area contributed by atoms with Gasteiger partial charge in [-0.15, -0.1) is 10.2 Å². The highest BCUT2D eigenvalue weighted by Crippen LogP contribution is 2.30. The highest BCUT2D eigenvalue weighted by Gasteiger charge is 2.16. The van der Waals surface area contributed by atoms with Crippen molar-refractivity contribution in [3.05, 3.63) is 88.9 Å². The molecule has 8 heteroatoms. The van der Waals surface area contributed by atoms with Gasteiger partial charge >= 0.3 is 0 Å². The van der Waals surface area contributed by atoms with Crippen LogP contribution < -0.4 is 19.5 Å². The molecule has 0 unspecified atom stereocenters. The fourth-order valence-corrected chi connectivity index (χ4v) is 3.83. The van der Waals surface area contributed by atoms with Gasteiger partial charge in [0.25, 0.3) is 5.91 Å². The molecule has 0 aliphatic carbocycles. The Morgan fingerprint density at radius 3 is 2.41 bits per heavy atom. The van der Waals surface area contributed by atoms with Gasteiger partial charge in [0.05, 0.1) is 19.8 Å². The lowest BCUT2D eigenvalue weighted by Crippen LogP contribution is -2.12. The Hall–Kier alpha value is -3.91. The topological polar surface area (TPSA) is 82.6 Å². The van der Waals surface area contributed by atoms with E-state index in [0.29, 0.717) is 40.1 Å². The molecule has 1 amide bonds. The molecule has 1 aromatic heterocycles. The number of methoxy groups -OCH3 is 2. The van der Waals surface area contributed by atoms with E-state index in [2.05, 4.69) is 15.5 Å². The van der Waals surface area contributed by atoms with Crippen LogP contribution in [0.15, 0.2) is 72.8 Å². The second kappa shape index (κ2) is 9.93. The minimum Gasteiger partial charge on any atom is -0.493 e. The number of benzene rings is 3. The van der Waals surface area contributed by atoms with Crippen molar-refractivity contribution in [1.29, 1.82) is 0 Å². The maximum atomic E-state index is 12.9. The normalized spacial score (nSPS) is 10.4. The van der Waals surface area contributed by atoms with Crippen molar-refractivity contribution in [3.63, 3.8) is 0 Å². The largest absolute Gasteiger partial charge is 0.493 e. The SMILES string of the molecule is COc1ccc(Cc2nnc(NC(=O)c3ccccc3Oc3ccccc3)s2)cc1OC. The molecule has 1 heterocycles. The number of ether oxygens (including phenoxy) is 3. The Labute approximate surface area is 189 Å². The van der Waals surface area contributed by atoms with E-state index in [1.54, 1.807) is 32.4 Å². The summed E-state index contributed by atoms with van der Waals surface area (Å²) >= 11 is 1.32. The molecule has 4 rings (SSSR count). The molecule has 0 saturated carbocycles. The second-order valence-corrected chi connectivity index (χ2v) is 7.79. The molecule has 0 aliphatic heterocycles. The highest BCUT2D eigenvalue weighted by molar-refractivity contribution is 7.15. The number of amides is 1. The summed E-state index contributed by atoms with van der Waals surface area (Å²) in [5.74, 6) is 2.12. The summed E-state index contributed by atoms with van der Waals surface area (Å²) in [6.07, 6.45) is 0.557. The zero-order valence-corrected chi connectivity index (χ0v) is 18.4. The molecule has 1 N–H and O–H groups in total. The lowest BCUT2D eigenvalue weighted by molar-refractivity contribution is 0.102. The van der Waals surface area contributed by atoms with Crippen LogP contribution in [0.5, 0.6) is 23.0 Å². The second-order valence-electron chi connectivity index (χ2n) is 6.73. The molecular formula is C24H21N3O4S. The van der Waals surface area contributed by atoms with Gasteiger partial charge in [0.2, 0.25) is 5.13 Å². The molecule has 0 spiro atoms. The smallest absolute Gasteiger partial charge is 0.261 e.